The van der Waals surface area contributed by atoms with Crippen molar-refractivity contribution in [2.24, 2.45) is 5.10 Å². The Kier molecular flexibility index (Phi) is 5.88. The zero-order chi connectivity index (χ0) is 16.5. The lowest BCUT2D eigenvalue weighted by Gasteiger charge is -2.04. The topological polar surface area (TPSA) is 90.8 Å². The van der Waals surface area contributed by atoms with Gasteiger partial charge in [0, 0.05) is 18.5 Å². The van der Waals surface area contributed by atoms with Crippen LogP contribution < -0.4 is 10.7 Å². The van der Waals surface area contributed by atoms with Crippen LogP contribution in [-0.2, 0) is 4.79 Å². The highest BCUT2D eigenvalue weighted by Crippen LogP contribution is 2.07. The summed E-state index contributed by atoms with van der Waals surface area (Å²) in [6.07, 6.45) is 1.60. The fourth-order valence-electron chi connectivity index (χ4n) is 1.78. The number of rotatable bonds is 6. The van der Waals surface area contributed by atoms with E-state index >= 15 is 0 Å². The zero-order valence-electron chi connectivity index (χ0n) is 12.4. The van der Waals surface area contributed by atoms with Gasteiger partial charge in [-0.15, -0.1) is 0 Å². The van der Waals surface area contributed by atoms with E-state index in [-0.39, 0.29) is 30.5 Å². The normalized spacial score (nSPS) is 10.4. The molecule has 6 heteroatoms. The Morgan fingerprint density at radius 3 is 2.43 bits per heavy atom. The summed E-state index contributed by atoms with van der Waals surface area (Å²) in [6.45, 7) is 0.230. The standard InChI is InChI=1S/C17H17N3O3/c21-15-8-6-13(7-9-15)12-19-20-16(22)10-11-18-17(23)14-4-2-1-3-5-14/h1-9,12,21H,10-11H2,(H,18,23)(H,20,22). The summed E-state index contributed by atoms with van der Waals surface area (Å²) in [5.74, 6) is -0.347. The van der Waals surface area contributed by atoms with Crippen molar-refractivity contribution < 1.29 is 14.7 Å². The van der Waals surface area contributed by atoms with Gasteiger partial charge in [0.2, 0.25) is 5.91 Å². The quantitative estimate of drug-likeness (QED) is 0.560. The number of carbonyl (C=O) groups excluding carboxylic acids is 2. The van der Waals surface area contributed by atoms with Crippen molar-refractivity contribution in [3.63, 3.8) is 0 Å². The molecule has 0 unspecified atom stereocenters. The Morgan fingerprint density at radius 2 is 1.74 bits per heavy atom. The Bertz CT molecular complexity index is 682. The summed E-state index contributed by atoms with van der Waals surface area (Å²) in [5, 5.41) is 15.6. The Morgan fingerprint density at radius 1 is 1.04 bits per heavy atom. The van der Waals surface area contributed by atoms with Gasteiger partial charge in [-0.25, -0.2) is 5.43 Å². The van der Waals surface area contributed by atoms with Gasteiger partial charge in [-0.1, -0.05) is 18.2 Å². The molecule has 0 heterocycles. The van der Waals surface area contributed by atoms with E-state index in [0.29, 0.717) is 5.56 Å². The molecular weight excluding hydrogens is 294 g/mol. The molecule has 118 valence electrons. The number of nitrogens with zero attached hydrogens (tertiary/aromatic N) is 1. The molecule has 0 bridgehead atoms. The zero-order valence-corrected chi connectivity index (χ0v) is 12.4. The molecule has 6 nitrogen and oxygen atoms in total. The number of phenols is 1. The molecule has 2 rings (SSSR count). The summed E-state index contributed by atoms with van der Waals surface area (Å²) in [5.41, 5.74) is 3.68. The number of benzene rings is 2. The first kappa shape index (κ1) is 16.2. The van der Waals surface area contributed by atoms with E-state index in [0.717, 1.165) is 5.56 Å². The highest BCUT2D eigenvalue weighted by Gasteiger charge is 2.05. The number of amides is 2. The number of hydrazone groups is 1. The number of carbonyl (C=O) groups is 2. The molecule has 23 heavy (non-hydrogen) atoms. The largest absolute Gasteiger partial charge is 0.508 e. The first-order chi connectivity index (χ1) is 11.1. The van der Waals surface area contributed by atoms with Gasteiger partial charge in [0.1, 0.15) is 5.75 Å². The van der Waals surface area contributed by atoms with Gasteiger partial charge in [0.25, 0.3) is 5.91 Å². The predicted molar refractivity (Wildman–Crippen MR) is 87.2 cm³/mol. The molecule has 0 spiro atoms. The van der Waals surface area contributed by atoms with Crippen LogP contribution in [0.15, 0.2) is 59.7 Å². The van der Waals surface area contributed by atoms with Crippen molar-refractivity contribution >= 4 is 18.0 Å². The van der Waals surface area contributed by atoms with Crippen LogP contribution in [-0.4, -0.2) is 29.7 Å². The molecule has 2 amide bonds. The fraction of sp³-hybridized carbons (Fsp3) is 0.118. The Hall–Kier alpha value is -3.15. The van der Waals surface area contributed by atoms with E-state index in [9.17, 15) is 9.59 Å². The Labute approximate surface area is 133 Å². The van der Waals surface area contributed by atoms with Crippen molar-refractivity contribution in [1.82, 2.24) is 10.7 Å². The smallest absolute Gasteiger partial charge is 0.251 e. The van der Waals surface area contributed by atoms with Crippen LogP contribution in [0.1, 0.15) is 22.3 Å². The summed E-state index contributed by atoms with van der Waals surface area (Å²) >= 11 is 0. The third kappa shape index (κ3) is 5.62. The van der Waals surface area contributed by atoms with Gasteiger partial charge in [0.05, 0.1) is 6.21 Å². The maximum Gasteiger partial charge on any atom is 0.251 e. The van der Waals surface area contributed by atoms with Crippen LogP contribution in [0.3, 0.4) is 0 Å². The minimum atomic E-state index is -0.298. The number of nitrogens with one attached hydrogen (secondary N) is 2. The first-order valence-corrected chi connectivity index (χ1v) is 7.09. The number of phenolic OH excluding ortho intramolecular Hbond substituents is 1. The molecule has 0 saturated heterocycles. The lowest BCUT2D eigenvalue weighted by molar-refractivity contribution is -0.120. The average molecular weight is 311 g/mol. The maximum atomic E-state index is 11.8. The lowest BCUT2D eigenvalue weighted by Crippen LogP contribution is -2.28. The van der Waals surface area contributed by atoms with E-state index < -0.39 is 0 Å². The average Bonchev–Trinajstić information content (AvgIpc) is 2.57. The molecule has 0 aromatic heterocycles. The molecule has 0 aliphatic rings. The summed E-state index contributed by atoms with van der Waals surface area (Å²) < 4.78 is 0. The van der Waals surface area contributed by atoms with E-state index in [1.165, 1.54) is 18.3 Å². The van der Waals surface area contributed by atoms with Gasteiger partial charge in [0.15, 0.2) is 0 Å². The molecule has 3 N–H and O–H groups in total. The van der Waals surface area contributed by atoms with Gasteiger partial charge < -0.3 is 10.4 Å². The van der Waals surface area contributed by atoms with Gasteiger partial charge >= 0.3 is 0 Å². The van der Waals surface area contributed by atoms with Crippen LogP contribution in [0.4, 0.5) is 0 Å². The van der Waals surface area contributed by atoms with E-state index in [1.54, 1.807) is 36.4 Å². The van der Waals surface area contributed by atoms with E-state index in [2.05, 4.69) is 15.8 Å². The molecule has 0 atom stereocenters. The number of hydrogen-bond donors (Lipinski definition) is 3. The molecular formula is C17H17N3O3. The molecule has 0 radical (unpaired) electrons. The SMILES string of the molecule is O=C(CCNC(=O)c1ccccc1)NN=Cc1ccc(O)cc1. The third-order valence-corrected chi connectivity index (χ3v) is 2.97. The monoisotopic (exact) mass is 311 g/mol. The van der Waals surface area contributed by atoms with E-state index in [4.69, 9.17) is 5.11 Å². The van der Waals surface area contributed by atoms with Gasteiger partial charge in [-0.2, -0.15) is 5.10 Å². The second kappa shape index (κ2) is 8.33. The van der Waals surface area contributed by atoms with Crippen molar-refractivity contribution in [2.45, 2.75) is 6.42 Å². The highest BCUT2D eigenvalue weighted by molar-refractivity contribution is 5.94. The second-order valence-electron chi connectivity index (χ2n) is 4.76. The molecule has 2 aromatic carbocycles. The molecule has 0 saturated carbocycles. The van der Waals surface area contributed by atoms with Crippen LogP contribution in [0.25, 0.3) is 0 Å². The van der Waals surface area contributed by atoms with E-state index in [1.807, 2.05) is 6.07 Å². The second-order valence-corrected chi connectivity index (χ2v) is 4.76. The van der Waals surface area contributed by atoms with Crippen LogP contribution in [0, 0.1) is 0 Å². The summed E-state index contributed by atoms with van der Waals surface area (Å²) in [6, 6.07) is 15.2. The van der Waals surface area contributed by atoms with Crippen molar-refractivity contribution in [1.29, 1.82) is 0 Å². The van der Waals surface area contributed by atoms with Crippen molar-refractivity contribution in [3.05, 3.63) is 65.7 Å². The lowest BCUT2D eigenvalue weighted by atomic mass is 10.2. The highest BCUT2D eigenvalue weighted by atomic mass is 16.3. The summed E-state index contributed by atoms with van der Waals surface area (Å²) in [4.78, 5) is 23.3. The Balaban J connectivity index is 1.69. The van der Waals surface area contributed by atoms with Gasteiger partial charge in [-0.3, -0.25) is 9.59 Å². The third-order valence-electron chi connectivity index (χ3n) is 2.97. The summed E-state index contributed by atoms with van der Waals surface area (Å²) in [7, 11) is 0. The molecule has 0 fully saturated rings. The number of hydrogen-bond acceptors (Lipinski definition) is 4. The van der Waals surface area contributed by atoms with Gasteiger partial charge in [-0.05, 0) is 42.0 Å². The van der Waals surface area contributed by atoms with Crippen molar-refractivity contribution in [3.8, 4) is 5.75 Å². The van der Waals surface area contributed by atoms with Crippen LogP contribution in [0.2, 0.25) is 0 Å². The first-order valence-electron chi connectivity index (χ1n) is 7.09. The van der Waals surface area contributed by atoms with Crippen molar-refractivity contribution in [2.75, 3.05) is 6.54 Å². The molecule has 0 aliphatic carbocycles. The van der Waals surface area contributed by atoms with Crippen LogP contribution in [0.5, 0.6) is 5.75 Å². The maximum absolute atomic E-state index is 11.8. The molecule has 0 aliphatic heterocycles. The number of aromatic hydroxyl groups is 1. The van der Waals surface area contributed by atoms with Crippen LogP contribution >= 0.6 is 0 Å². The minimum Gasteiger partial charge on any atom is -0.508 e. The fourth-order valence-corrected chi connectivity index (χ4v) is 1.78. The molecule has 2 aromatic rings. The minimum absolute atomic E-state index is 0.130. The predicted octanol–water partition coefficient (Wildman–Crippen LogP) is 1.66.